The molecule has 0 aliphatic heterocycles. The molecule has 3 amide bonds. The molecule has 2 aromatic rings. The van der Waals surface area contributed by atoms with E-state index in [1.54, 1.807) is 30.3 Å². The average molecular weight is 474 g/mol. The third-order valence-corrected chi connectivity index (χ3v) is 4.68. The fourth-order valence-electron chi connectivity index (χ4n) is 2.98. The molecule has 34 heavy (non-hydrogen) atoms. The number of carbonyl (C=O) groups excluding carboxylic acids is 3. The minimum atomic E-state index is -1.49. The third-order valence-electron chi connectivity index (χ3n) is 4.68. The number of nitrogens with two attached hydrogens (primary N) is 1. The van der Waals surface area contributed by atoms with Gasteiger partial charge in [0, 0.05) is 18.3 Å². The Labute approximate surface area is 194 Å². The molecule has 0 saturated carbocycles. The first-order valence-electron chi connectivity index (χ1n) is 10.2. The molecular weight excluding hydrogens is 448 g/mol. The van der Waals surface area contributed by atoms with Crippen LogP contribution >= 0.6 is 0 Å². The summed E-state index contributed by atoms with van der Waals surface area (Å²) in [5, 5.41) is 25.1. The monoisotopic (exact) mass is 474 g/mol. The van der Waals surface area contributed by atoms with Gasteiger partial charge >= 0.3 is 11.9 Å². The Morgan fingerprint density at radius 2 is 1.68 bits per heavy atom. The first-order chi connectivity index (χ1) is 16.2. The number of nitrogens with one attached hydrogen (secondary N) is 4. The van der Waals surface area contributed by atoms with Gasteiger partial charge in [-0.2, -0.15) is 0 Å². The van der Waals surface area contributed by atoms with Crippen LogP contribution in [0.4, 0.5) is 0 Å². The van der Waals surface area contributed by atoms with Crippen LogP contribution in [0.2, 0.25) is 0 Å². The Kier molecular flexibility index (Phi) is 9.71. The molecule has 0 radical (unpaired) electrons. The molecule has 2 rings (SSSR count). The molecule has 0 aliphatic rings. The number of carboxylic acids is 2. The minimum Gasteiger partial charge on any atom is -0.481 e. The number of imidazole rings is 1. The predicted octanol–water partition coefficient (Wildman–Crippen LogP) is -1.83. The van der Waals surface area contributed by atoms with Crippen molar-refractivity contribution >= 4 is 29.7 Å². The number of nitrogens with zero attached hydrogens (tertiary/aromatic N) is 1. The lowest BCUT2D eigenvalue weighted by atomic mass is 10.1. The highest BCUT2D eigenvalue weighted by Crippen LogP contribution is 2.03. The molecular formula is C21H26N6O7. The number of rotatable bonds is 13. The Morgan fingerprint density at radius 1 is 0.971 bits per heavy atom. The zero-order valence-corrected chi connectivity index (χ0v) is 18.1. The van der Waals surface area contributed by atoms with Crippen LogP contribution in [-0.2, 0) is 36.8 Å². The van der Waals surface area contributed by atoms with Crippen molar-refractivity contribution in [1.82, 2.24) is 25.9 Å². The van der Waals surface area contributed by atoms with E-state index in [-0.39, 0.29) is 12.8 Å². The molecule has 13 heteroatoms. The lowest BCUT2D eigenvalue weighted by Crippen LogP contribution is -2.54. The maximum Gasteiger partial charge on any atom is 0.326 e. The summed E-state index contributed by atoms with van der Waals surface area (Å²) in [7, 11) is 0. The van der Waals surface area contributed by atoms with Gasteiger partial charge in [0.25, 0.3) is 0 Å². The second-order valence-electron chi connectivity index (χ2n) is 7.41. The van der Waals surface area contributed by atoms with E-state index in [0.717, 1.165) is 5.56 Å². The molecule has 0 spiro atoms. The highest BCUT2D eigenvalue weighted by molar-refractivity contribution is 5.94. The van der Waals surface area contributed by atoms with Crippen molar-refractivity contribution in [3.8, 4) is 0 Å². The molecule has 1 heterocycles. The van der Waals surface area contributed by atoms with Crippen LogP contribution in [0.25, 0.3) is 0 Å². The van der Waals surface area contributed by atoms with Crippen molar-refractivity contribution < 1.29 is 34.2 Å². The summed E-state index contributed by atoms with van der Waals surface area (Å²) in [6.45, 7) is -0.631. The van der Waals surface area contributed by atoms with Crippen LogP contribution in [-0.4, -0.2) is 74.5 Å². The number of amides is 3. The summed E-state index contributed by atoms with van der Waals surface area (Å²) >= 11 is 0. The van der Waals surface area contributed by atoms with Gasteiger partial charge in [-0.05, 0) is 12.0 Å². The SMILES string of the molecule is NC(Cc1ccccc1)C(=O)NC(CC(=O)O)C(=O)NCC(=O)NC(Cc1cnc[nH]1)C(=O)O. The number of carbonyl (C=O) groups is 5. The molecule has 13 nitrogen and oxygen atoms in total. The van der Waals surface area contributed by atoms with Gasteiger partial charge in [0.05, 0.1) is 25.3 Å². The van der Waals surface area contributed by atoms with Crippen LogP contribution in [0.1, 0.15) is 17.7 Å². The van der Waals surface area contributed by atoms with Crippen molar-refractivity contribution in [2.45, 2.75) is 37.4 Å². The number of hydrogen-bond acceptors (Lipinski definition) is 7. The Bertz CT molecular complexity index is 996. The molecule has 3 unspecified atom stereocenters. The summed E-state index contributed by atoms with van der Waals surface area (Å²) in [4.78, 5) is 66.0. The van der Waals surface area contributed by atoms with Crippen LogP contribution in [0, 0.1) is 0 Å². The highest BCUT2D eigenvalue weighted by atomic mass is 16.4. The molecule has 0 bridgehead atoms. The average Bonchev–Trinajstić information content (AvgIpc) is 3.30. The molecule has 1 aromatic heterocycles. The summed E-state index contributed by atoms with van der Waals surface area (Å²) in [6.07, 6.45) is 2.13. The maximum atomic E-state index is 12.4. The fourth-order valence-corrected chi connectivity index (χ4v) is 2.98. The molecule has 182 valence electrons. The Balaban J connectivity index is 1.90. The van der Waals surface area contributed by atoms with Crippen LogP contribution in [0.3, 0.4) is 0 Å². The number of hydrogen-bond donors (Lipinski definition) is 7. The van der Waals surface area contributed by atoms with Gasteiger partial charge in [-0.25, -0.2) is 9.78 Å². The third kappa shape index (κ3) is 8.70. The van der Waals surface area contributed by atoms with Gasteiger partial charge in [-0.1, -0.05) is 30.3 Å². The Hall–Kier alpha value is -4.26. The van der Waals surface area contributed by atoms with Gasteiger partial charge in [-0.15, -0.1) is 0 Å². The Morgan fingerprint density at radius 3 is 2.26 bits per heavy atom. The first kappa shape index (κ1) is 26.0. The number of aromatic amines is 1. The molecule has 3 atom stereocenters. The summed E-state index contributed by atoms with van der Waals surface area (Å²) in [5.74, 6) is -5.13. The van der Waals surface area contributed by atoms with Gasteiger partial charge < -0.3 is 36.9 Å². The van der Waals surface area contributed by atoms with Crippen molar-refractivity contribution in [2.75, 3.05) is 6.54 Å². The molecule has 0 fully saturated rings. The van der Waals surface area contributed by atoms with Crippen LogP contribution in [0.15, 0.2) is 42.9 Å². The van der Waals surface area contributed by atoms with Gasteiger partial charge in [0.2, 0.25) is 17.7 Å². The number of H-pyrrole nitrogens is 1. The quantitative estimate of drug-likeness (QED) is 0.173. The number of aromatic nitrogens is 2. The van der Waals surface area contributed by atoms with Gasteiger partial charge in [0.15, 0.2) is 0 Å². The minimum absolute atomic E-state index is 0.0635. The van der Waals surface area contributed by atoms with E-state index >= 15 is 0 Å². The van der Waals surface area contributed by atoms with Crippen molar-refractivity contribution in [1.29, 1.82) is 0 Å². The maximum absolute atomic E-state index is 12.4. The number of benzene rings is 1. The van der Waals surface area contributed by atoms with E-state index in [1.807, 2.05) is 0 Å². The lowest BCUT2D eigenvalue weighted by Gasteiger charge is -2.20. The lowest BCUT2D eigenvalue weighted by molar-refractivity contribution is -0.142. The fraction of sp³-hybridized carbons (Fsp3) is 0.333. The topological polar surface area (TPSA) is 217 Å². The van der Waals surface area contributed by atoms with E-state index in [2.05, 4.69) is 25.9 Å². The van der Waals surface area contributed by atoms with Crippen molar-refractivity contribution in [3.05, 3.63) is 54.1 Å². The van der Waals surface area contributed by atoms with E-state index < -0.39 is 60.8 Å². The van der Waals surface area contributed by atoms with Crippen molar-refractivity contribution in [2.24, 2.45) is 5.73 Å². The summed E-state index contributed by atoms with van der Waals surface area (Å²) < 4.78 is 0. The number of aliphatic carboxylic acids is 2. The van der Waals surface area contributed by atoms with Gasteiger partial charge in [-0.3, -0.25) is 19.2 Å². The molecule has 0 saturated heterocycles. The molecule has 8 N–H and O–H groups in total. The van der Waals surface area contributed by atoms with E-state index in [4.69, 9.17) is 10.8 Å². The van der Waals surface area contributed by atoms with E-state index in [9.17, 15) is 29.1 Å². The standard InChI is InChI=1S/C21H26N6O7/c22-14(6-12-4-2-1-3-5-12)19(31)27-15(8-18(29)30)20(32)24-10-17(28)26-16(21(33)34)7-13-9-23-11-25-13/h1-5,9,11,14-16H,6-8,10,22H2,(H,23,25)(H,24,32)(H,26,28)(H,27,31)(H,29,30)(H,33,34). The first-order valence-corrected chi connectivity index (χ1v) is 10.2. The second-order valence-corrected chi connectivity index (χ2v) is 7.41. The summed E-state index contributed by atoms with van der Waals surface area (Å²) in [5.41, 5.74) is 7.13. The van der Waals surface area contributed by atoms with Crippen molar-refractivity contribution in [3.63, 3.8) is 0 Å². The van der Waals surface area contributed by atoms with E-state index in [1.165, 1.54) is 12.5 Å². The zero-order valence-electron chi connectivity index (χ0n) is 18.1. The molecule has 1 aromatic carbocycles. The smallest absolute Gasteiger partial charge is 0.326 e. The predicted molar refractivity (Wildman–Crippen MR) is 117 cm³/mol. The van der Waals surface area contributed by atoms with Crippen LogP contribution < -0.4 is 21.7 Å². The highest BCUT2D eigenvalue weighted by Gasteiger charge is 2.27. The second kappa shape index (κ2) is 12.7. The van der Waals surface area contributed by atoms with E-state index in [0.29, 0.717) is 5.69 Å². The largest absolute Gasteiger partial charge is 0.481 e. The zero-order chi connectivity index (χ0) is 25.1. The molecule has 0 aliphatic carbocycles. The normalized spacial score (nSPS) is 13.2. The van der Waals surface area contributed by atoms with Crippen LogP contribution in [0.5, 0.6) is 0 Å². The number of carboxylic acid groups (broad SMARTS) is 2. The van der Waals surface area contributed by atoms with Gasteiger partial charge in [0.1, 0.15) is 12.1 Å². The summed E-state index contributed by atoms with van der Waals surface area (Å²) in [6, 6.07) is 5.08.